The van der Waals surface area contributed by atoms with Crippen molar-refractivity contribution in [1.29, 1.82) is 0 Å². The molecule has 0 heterocycles. The zero-order valence-electron chi connectivity index (χ0n) is 13.4. The average Bonchev–Trinajstić information content (AvgIpc) is 2.88. The third-order valence-corrected chi connectivity index (χ3v) is 5.21. The van der Waals surface area contributed by atoms with Crippen LogP contribution in [0.2, 0.25) is 0 Å². The standard InChI is InChI=1S/C16H29NO4/c1-11(12(2)17-13(3)19)14(10-18)6-9-16(15(20)21)7-4-5-8-16/h11-12,14,18H,4-10H2,1-3H3,(H,17,19)(H,20,21)/t11-,12?,14-/m1/s1. The zero-order valence-corrected chi connectivity index (χ0v) is 13.4. The molecule has 0 radical (unpaired) electrons. The van der Waals surface area contributed by atoms with Gasteiger partial charge in [-0.1, -0.05) is 19.8 Å². The van der Waals surface area contributed by atoms with E-state index in [4.69, 9.17) is 0 Å². The number of hydrogen-bond acceptors (Lipinski definition) is 3. The quantitative estimate of drug-likeness (QED) is 0.641. The van der Waals surface area contributed by atoms with Crippen LogP contribution >= 0.6 is 0 Å². The van der Waals surface area contributed by atoms with Crippen molar-refractivity contribution in [3.63, 3.8) is 0 Å². The maximum atomic E-state index is 11.6. The number of rotatable bonds is 8. The lowest BCUT2D eigenvalue weighted by Gasteiger charge is -2.31. The summed E-state index contributed by atoms with van der Waals surface area (Å²) < 4.78 is 0. The summed E-state index contributed by atoms with van der Waals surface area (Å²) in [5.74, 6) is -0.641. The Morgan fingerprint density at radius 2 is 1.81 bits per heavy atom. The van der Waals surface area contributed by atoms with E-state index in [2.05, 4.69) is 5.32 Å². The largest absolute Gasteiger partial charge is 0.481 e. The second-order valence-electron chi connectivity index (χ2n) is 6.62. The molecule has 0 bridgehead atoms. The van der Waals surface area contributed by atoms with E-state index in [1.54, 1.807) is 0 Å². The van der Waals surface area contributed by atoms with E-state index in [1.165, 1.54) is 6.92 Å². The number of aliphatic hydroxyl groups excluding tert-OH is 1. The minimum Gasteiger partial charge on any atom is -0.481 e. The Hall–Kier alpha value is -1.10. The first kappa shape index (κ1) is 18.0. The number of aliphatic carboxylic acids is 1. The molecular weight excluding hydrogens is 270 g/mol. The van der Waals surface area contributed by atoms with Gasteiger partial charge in [-0.15, -0.1) is 0 Å². The lowest BCUT2D eigenvalue weighted by Crippen LogP contribution is -2.40. The molecule has 1 aliphatic carbocycles. The fourth-order valence-electron chi connectivity index (χ4n) is 3.47. The summed E-state index contributed by atoms with van der Waals surface area (Å²) in [4.78, 5) is 22.7. The van der Waals surface area contributed by atoms with Gasteiger partial charge in [-0.2, -0.15) is 0 Å². The zero-order chi connectivity index (χ0) is 16.0. The molecule has 1 rings (SSSR count). The van der Waals surface area contributed by atoms with E-state index in [9.17, 15) is 19.8 Å². The second kappa shape index (κ2) is 7.78. The summed E-state index contributed by atoms with van der Waals surface area (Å²) in [6.45, 7) is 5.44. The number of amides is 1. The van der Waals surface area contributed by atoms with Crippen LogP contribution in [0.5, 0.6) is 0 Å². The van der Waals surface area contributed by atoms with E-state index >= 15 is 0 Å². The molecule has 0 spiro atoms. The summed E-state index contributed by atoms with van der Waals surface area (Å²) in [6.07, 6.45) is 4.76. The SMILES string of the molecule is CC(=O)NC(C)[C@@H](C)[C@@H](CO)CCC1(C(=O)O)CCCC1. The Kier molecular flexibility index (Phi) is 6.65. The normalized spacial score (nSPS) is 21.5. The second-order valence-corrected chi connectivity index (χ2v) is 6.62. The summed E-state index contributed by atoms with van der Waals surface area (Å²) in [5.41, 5.74) is -0.593. The minimum absolute atomic E-state index is 0.0173. The van der Waals surface area contributed by atoms with Crippen LogP contribution in [0.4, 0.5) is 0 Å². The van der Waals surface area contributed by atoms with Crippen LogP contribution in [0.1, 0.15) is 59.3 Å². The maximum absolute atomic E-state index is 11.6. The summed E-state index contributed by atoms with van der Waals surface area (Å²) in [6, 6.07) is -0.0241. The molecule has 3 atom stereocenters. The lowest BCUT2D eigenvalue weighted by molar-refractivity contribution is -0.149. The molecule has 1 amide bonds. The van der Waals surface area contributed by atoms with Gasteiger partial charge in [0.2, 0.25) is 5.91 Å². The number of carbonyl (C=O) groups excluding carboxylic acids is 1. The summed E-state index contributed by atoms with van der Waals surface area (Å²) in [5, 5.41) is 22.0. The van der Waals surface area contributed by atoms with Gasteiger partial charge in [0.1, 0.15) is 0 Å². The monoisotopic (exact) mass is 299 g/mol. The predicted molar refractivity (Wildman–Crippen MR) is 80.8 cm³/mol. The molecule has 0 aliphatic heterocycles. The van der Waals surface area contributed by atoms with Gasteiger partial charge in [0.15, 0.2) is 0 Å². The molecule has 5 heteroatoms. The molecule has 0 saturated heterocycles. The van der Waals surface area contributed by atoms with E-state index in [1.807, 2.05) is 13.8 Å². The van der Waals surface area contributed by atoms with Crippen LogP contribution in [0.15, 0.2) is 0 Å². The van der Waals surface area contributed by atoms with Crippen molar-refractivity contribution in [2.24, 2.45) is 17.3 Å². The highest BCUT2D eigenvalue weighted by Crippen LogP contribution is 2.43. The van der Waals surface area contributed by atoms with Gasteiger partial charge in [0, 0.05) is 19.6 Å². The lowest BCUT2D eigenvalue weighted by atomic mass is 9.76. The van der Waals surface area contributed by atoms with Gasteiger partial charge in [0.05, 0.1) is 5.41 Å². The minimum atomic E-state index is -0.695. The van der Waals surface area contributed by atoms with Crippen molar-refractivity contribution in [3.8, 4) is 0 Å². The van der Waals surface area contributed by atoms with Crippen LogP contribution in [0, 0.1) is 17.3 Å². The fourth-order valence-corrected chi connectivity index (χ4v) is 3.47. The van der Waals surface area contributed by atoms with Crippen molar-refractivity contribution >= 4 is 11.9 Å². The van der Waals surface area contributed by atoms with Gasteiger partial charge < -0.3 is 15.5 Å². The van der Waals surface area contributed by atoms with Crippen molar-refractivity contribution in [2.45, 2.75) is 65.3 Å². The average molecular weight is 299 g/mol. The number of carboxylic acids is 1. The number of aliphatic hydroxyl groups is 1. The third-order valence-electron chi connectivity index (χ3n) is 5.21. The molecule has 122 valence electrons. The molecule has 1 aliphatic rings. The number of carbonyl (C=O) groups is 2. The number of nitrogens with one attached hydrogen (secondary N) is 1. The highest BCUT2D eigenvalue weighted by Gasteiger charge is 2.41. The van der Waals surface area contributed by atoms with Crippen molar-refractivity contribution in [2.75, 3.05) is 6.61 Å². The smallest absolute Gasteiger partial charge is 0.309 e. The van der Waals surface area contributed by atoms with E-state index in [0.29, 0.717) is 12.8 Å². The summed E-state index contributed by atoms with van der Waals surface area (Å²) in [7, 11) is 0. The molecule has 0 aromatic rings. The van der Waals surface area contributed by atoms with Gasteiger partial charge in [-0.3, -0.25) is 9.59 Å². The summed E-state index contributed by atoms with van der Waals surface area (Å²) >= 11 is 0. The molecule has 1 saturated carbocycles. The first-order valence-corrected chi connectivity index (χ1v) is 7.94. The highest BCUT2D eigenvalue weighted by atomic mass is 16.4. The molecule has 0 aromatic carbocycles. The number of carboxylic acid groups (broad SMARTS) is 1. The third kappa shape index (κ3) is 4.70. The fraction of sp³-hybridized carbons (Fsp3) is 0.875. The van der Waals surface area contributed by atoms with E-state index in [-0.39, 0.29) is 30.4 Å². The molecule has 0 aromatic heterocycles. The molecule has 1 unspecified atom stereocenters. The van der Waals surface area contributed by atoms with E-state index in [0.717, 1.165) is 25.7 Å². The van der Waals surface area contributed by atoms with Crippen LogP contribution < -0.4 is 5.32 Å². The molecule has 5 nitrogen and oxygen atoms in total. The molecule has 21 heavy (non-hydrogen) atoms. The van der Waals surface area contributed by atoms with Gasteiger partial charge in [0.25, 0.3) is 0 Å². The van der Waals surface area contributed by atoms with Gasteiger partial charge in [-0.05, 0) is 44.4 Å². The first-order valence-electron chi connectivity index (χ1n) is 7.94. The van der Waals surface area contributed by atoms with Crippen molar-refractivity contribution in [3.05, 3.63) is 0 Å². The van der Waals surface area contributed by atoms with Crippen molar-refractivity contribution < 1.29 is 19.8 Å². The topological polar surface area (TPSA) is 86.6 Å². The number of hydrogen-bond donors (Lipinski definition) is 3. The maximum Gasteiger partial charge on any atom is 0.309 e. The molecule has 3 N–H and O–H groups in total. The van der Waals surface area contributed by atoms with Crippen LogP contribution in [0.25, 0.3) is 0 Å². The molecular formula is C16H29NO4. The Labute approximate surface area is 127 Å². The van der Waals surface area contributed by atoms with E-state index < -0.39 is 11.4 Å². The Balaban J connectivity index is 2.60. The Morgan fingerprint density at radius 3 is 2.24 bits per heavy atom. The van der Waals surface area contributed by atoms with Crippen LogP contribution in [-0.4, -0.2) is 34.7 Å². The molecule has 1 fully saturated rings. The predicted octanol–water partition coefficient (Wildman–Crippen LogP) is 2.18. The van der Waals surface area contributed by atoms with Crippen molar-refractivity contribution in [1.82, 2.24) is 5.32 Å². The Morgan fingerprint density at radius 1 is 1.24 bits per heavy atom. The highest BCUT2D eigenvalue weighted by molar-refractivity contribution is 5.75. The van der Waals surface area contributed by atoms with Gasteiger partial charge >= 0.3 is 5.97 Å². The van der Waals surface area contributed by atoms with Crippen LogP contribution in [-0.2, 0) is 9.59 Å². The Bertz CT molecular complexity index is 363. The van der Waals surface area contributed by atoms with Gasteiger partial charge in [-0.25, -0.2) is 0 Å². The first-order chi connectivity index (χ1) is 9.82. The van der Waals surface area contributed by atoms with Crippen LogP contribution in [0.3, 0.4) is 0 Å².